The zero-order valence-corrected chi connectivity index (χ0v) is 13.2. The van der Waals surface area contributed by atoms with E-state index in [-0.39, 0.29) is 18.0 Å². The first-order valence-corrected chi connectivity index (χ1v) is 8.21. The van der Waals surface area contributed by atoms with E-state index in [0.717, 1.165) is 30.2 Å². The first-order valence-electron chi connectivity index (χ1n) is 10.2. The summed E-state index contributed by atoms with van der Waals surface area (Å²) in [6.45, 7) is -2.15. The SMILES string of the molecule is [2H]C1(NC(=O)c2nn(C)c3ccccc23)CC2CCCC(C1)N2C([2H])([2H])[2H]. The van der Waals surface area contributed by atoms with Gasteiger partial charge in [-0.15, -0.1) is 0 Å². The van der Waals surface area contributed by atoms with Crippen LogP contribution in [0.15, 0.2) is 24.3 Å². The summed E-state index contributed by atoms with van der Waals surface area (Å²) in [6, 6.07) is 5.91. The molecule has 5 heteroatoms. The van der Waals surface area contributed by atoms with Gasteiger partial charge in [-0.2, -0.15) is 5.10 Å². The average Bonchev–Trinajstić information content (AvgIpc) is 2.90. The molecular weight excluding hydrogens is 288 g/mol. The van der Waals surface area contributed by atoms with Gasteiger partial charge in [0.1, 0.15) is 0 Å². The van der Waals surface area contributed by atoms with Crippen LogP contribution < -0.4 is 5.32 Å². The van der Waals surface area contributed by atoms with Gasteiger partial charge >= 0.3 is 0 Å². The average molecular weight is 316 g/mol. The van der Waals surface area contributed by atoms with E-state index in [4.69, 9.17) is 5.48 Å². The predicted octanol–water partition coefficient (Wildman–Crippen LogP) is 2.32. The lowest BCUT2D eigenvalue weighted by molar-refractivity contribution is 0.0462. The second-order valence-electron chi connectivity index (χ2n) is 6.60. The van der Waals surface area contributed by atoms with Gasteiger partial charge in [0.05, 0.1) is 6.89 Å². The minimum absolute atomic E-state index is 0.205. The summed E-state index contributed by atoms with van der Waals surface area (Å²) < 4.78 is 34.0. The van der Waals surface area contributed by atoms with Gasteiger partial charge in [0.2, 0.25) is 0 Å². The van der Waals surface area contributed by atoms with Crippen molar-refractivity contribution in [1.29, 1.82) is 0 Å². The molecule has 2 unspecified atom stereocenters. The molecule has 2 aliphatic rings. The molecule has 4 rings (SSSR count). The van der Waals surface area contributed by atoms with Crippen molar-refractivity contribution in [2.45, 2.75) is 50.2 Å². The highest BCUT2D eigenvalue weighted by atomic mass is 16.2. The largest absolute Gasteiger partial charge is 0.348 e. The fourth-order valence-electron chi connectivity index (χ4n) is 3.92. The number of para-hydroxylation sites is 1. The maximum atomic E-state index is 12.9. The zero-order valence-electron chi connectivity index (χ0n) is 17.2. The number of nitrogens with zero attached hydrogens (tertiary/aromatic N) is 3. The Morgan fingerprint density at radius 1 is 1.35 bits per heavy atom. The van der Waals surface area contributed by atoms with Crippen molar-refractivity contribution in [2.24, 2.45) is 7.05 Å². The zero-order chi connectivity index (χ0) is 19.4. The topological polar surface area (TPSA) is 50.2 Å². The number of piperidine rings is 2. The van der Waals surface area contributed by atoms with E-state index < -0.39 is 13.0 Å². The third-order valence-corrected chi connectivity index (χ3v) is 5.09. The molecule has 23 heavy (non-hydrogen) atoms. The van der Waals surface area contributed by atoms with Crippen LogP contribution in [0.4, 0.5) is 0 Å². The molecule has 1 amide bonds. The quantitative estimate of drug-likeness (QED) is 0.925. The Morgan fingerprint density at radius 3 is 2.83 bits per heavy atom. The molecule has 2 aromatic rings. The number of fused-ring (bicyclic) bond motifs is 3. The first kappa shape index (κ1) is 10.8. The van der Waals surface area contributed by atoms with E-state index in [0.29, 0.717) is 18.5 Å². The number of carbonyl (C=O) groups excluding carboxylic acids is 1. The molecule has 1 N–H and O–H groups in total. The van der Waals surface area contributed by atoms with Crippen LogP contribution in [0, 0.1) is 0 Å². The predicted molar refractivity (Wildman–Crippen MR) is 90.4 cm³/mol. The molecule has 2 bridgehead atoms. The first-order chi connectivity index (χ1) is 12.7. The number of hydrogen-bond donors (Lipinski definition) is 1. The summed E-state index contributed by atoms with van der Waals surface area (Å²) in [6.07, 6.45) is 3.10. The molecule has 1 aromatic heterocycles. The Labute approximate surface area is 142 Å². The summed E-state index contributed by atoms with van der Waals surface area (Å²) >= 11 is 0. The number of rotatable bonds is 2. The van der Waals surface area contributed by atoms with Gasteiger partial charge in [-0.25, -0.2) is 0 Å². The molecule has 5 nitrogen and oxygen atoms in total. The molecule has 0 saturated carbocycles. The number of amides is 1. The van der Waals surface area contributed by atoms with Gasteiger partial charge in [-0.1, -0.05) is 24.6 Å². The van der Waals surface area contributed by atoms with Crippen molar-refractivity contribution in [3.63, 3.8) is 0 Å². The molecule has 2 saturated heterocycles. The highest BCUT2D eigenvalue weighted by Crippen LogP contribution is 2.32. The van der Waals surface area contributed by atoms with E-state index in [1.807, 2.05) is 24.3 Å². The number of aromatic nitrogens is 2. The molecule has 0 spiro atoms. The third-order valence-electron chi connectivity index (χ3n) is 5.09. The number of aryl methyl sites for hydroxylation is 1. The Balaban J connectivity index is 1.58. The third kappa shape index (κ3) is 2.53. The second-order valence-corrected chi connectivity index (χ2v) is 6.60. The molecule has 1 aromatic carbocycles. The van der Waals surface area contributed by atoms with Crippen molar-refractivity contribution in [3.05, 3.63) is 30.0 Å². The standard InChI is InChI=1S/C18H24N4O/c1-21-13-6-5-7-14(21)11-12(10-13)19-18(23)17-15-8-3-4-9-16(15)22(2)20-17/h3-4,8-9,12-14H,5-7,10-11H2,1-2H3,(H,19,23)/i1D3,12D. The molecule has 122 valence electrons. The van der Waals surface area contributed by atoms with Crippen LogP contribution in [0.1, 0.15) is 48.1 Å². The van der Waals surface area contributed by atoms with Gasteiger partial charge in [0.15, 0.2) is 5.69 Å². The summed E-state index contributed by atoms with van der Waals surface area (Å²) in [7, 11) is 1.79. The van der Waals surface area contributed by atoms with Crippen LogP contribution in [-0.4, -0.2) is 45.7 Å². The Hall–Kier alpha value is -1.88. The van der Waals surface area contributed by atoms with Gasteiger partial charge in [0, 0.05) is 34.6 Å². The van der Waals surface area contributed by atoms with E-state index >= 15 is 0 Å². The number of benzene rings is 1. The molecule has 0 aliphatic carbocycles. The van der Waals surface area contributed by atoms with Crippen LogP contribution in [0.5, 0.6) is 0 Å². The van der Waals surface area contributed by atoms with Gasteiger partial charge in [-0.05, 0) is 38.7 Å². The molecular formula is C18H24N4O. The maximum absolute atomic E-state index is 12.9. The van der Waals surface area contributed by atoms with Crippen molar-refractivity contribution < 1.29 is 10.3 Å². The van der Waals surface area contributed by atoms with Crippen LogP contribution in [0.3, 0.4) is 0 Å². The molecule has 0 radical (unpaired) electrons. The molecule has 3 heterocycles. The van der Waals surface area contributed by atoms with Crippen molar-refractivity contribution in [1.82, 2.24) is 20.0 Å². The van der Waals surface area contributed by atoms with Crippen LogP contribution >= 0.6 is 0 Å². The van der Waals surface area contributed by atoms with Crippen molar-refractivity contribution >= 4 is 16.8 Å². The monoisotopic (exact) mass is 316 g/mol. The number of hydrogen-bond acceptors (Lipinski definition) is 3. The number of carbonyl (C=O) groups is 1. The van der Waals surface area contributed by atoms with E-state index in [1.165, 1.54) is 0 Å². The highest BCUT2D eigenvalue weighted by Gasteiger charge is 2.36. The van der Waals surface area contributed by atoms with Crippen molar-refractivity contribution in [2.75, 3.05) is 6.98 Å². The lowest BCUT2D eigenvalue weighted by Gasteiger charge is -2.47. The molecule has 2 aliphatic heterocycles. The highest BCUT2D eigenvalue weighted by molar-refractivity contribution is 6.04. The van der Waals surface area contributed by atoms with Gasteiger partial charge in [0.25, 0.3) is 5.91 Å². The summed E-state index contributed by atoms with van der Waals surface area (Å²) in [4.78, 5) is 14.5. The second kappa shape index (κ2) is 5.64. The molecule has 2 fully saturated rings. The van der Waals surface area contributed by atoms with Crippen LogP contribution in [0.25, 0.3) is 10.9 Å². The summed E-state index contributed by atoms with van der Waals surface area (Å²) in [5.74, 6) is -0.373. The molecule has 2 atom stereocenters. The van der Waals surface area contributed by atoms with E-state index in [1.54, 1.807) is 16.6 Å². The fraction of sp³-hybridized carbons (Fsp3) is 0.556. The Morgan fingerprint density at radius 2 is 2.09 bits per heavy atom. The number of nitrogens with one attached hydrogen (secondary N) is 1. The lowest BCUT2D eigenvalue weighted by atomic mass is 9.82. The lowest BCUT2D eigenvalue weighted by Crippen LogP contribution is -2.55. The summed E-state index contributed by atoms with van der Waals surface area (Å²) in [5, 5.41) is 7.94. The van der Waals surface area contributed by atoms with E-state index in [2.05, 4.69) is 10.4 Å². The van der Waals surface area contributed by atoms with Gasteiger partial charge < -0.3 is 10.2 Å². The van der Waals surface area contributed by atoms with Gasteiger partial charge in [-0.3, -0.25) is 9.48 Å². The van der Waals surface area contributed by atoms with Crippen molar-refractivity contribution in [3.8, 4) is 0 Å². The minimum Gasteiger partial charge on any atom is -0.348 e. The van der Waals surface area contributed by atoms with E-state index in [9.17, 15) is 4.79 Å². The fourth-order valence-corrected chi connectivity index (χ4v) is 3.92. The maximum Gasteiger partial charge on any atom is 0.272 e. The normalized spacial score (nSPS) is 34.3. The Kier molecular flexibility index (Phi) is 2.65. The smallest absolute Gasteiger partial charge is 0.272 e. The Bertz CT molecular complexity index is 864. The minimum atomic E-state index is -2.15. The van der Waals surface area contributed by atoms with Crippen LogP contribution in [0.2, 0.25) is 0 Å². The summed E-state index contributed by atoms with van der Waals surface area (Å²) in [5.41, 5.74) is 1.17. The van der Waals surface area contributed by atoms with Crippen LogP contribution in [-0.2, 0) is 7.05 Å².